The fourth-order valence-corrected chi connectivity index (χ4v) is 3.08. The maximum atomic E-state index is 5.86. The van der Waals surface area contributed by atoms with Gasteiger partial charge in [-0.25, -0.2) is 4.98 Å². The van der Waals surface area contributed by atoms with E-state index in [1.165, 1.54) is 9.21 Å². The lowest BCUT2D eigenvalue weighted by atomic mass is 10.2. The number of halogens is 1. The van der Waals surface area contributed by atoms with E-state index in [2.05, 4.69) is 43.2 Å². The van der Waals surface area contributed by atoms with E-state index < -0.39 is 0 Å². The number of rotatable bonds is 8. The van der Waals surface area contributed by atoms with E-state index in [1.807, 2.05) is 44.4 Å². The number of aromatic nitrogens is 1. The van der Waals surface area contributed by atoms with Crippen LogP contribution in [0.5, 0.6) is 5.75 Å². The summed E-state index contributed by atoms with van der Waals surface area (Å²) >= 11 is 2.10. The van der Waals surface area contributed by atoms with Gasteiger partial charge in [-0.2, -0.15) is 0 Å². The van der Waals surface area contributed by atoms with Crippen LogP contribution in [0.15, 0.2) is 46.9 Å². The van der Waals surface area contributed by atoms with E-state index in [4.69, 9.17) is 13.3 Å². The van der Waals surface area contributed by atoms with Crippen LogP contribution in [0.1, 0.15) is 6.42 Å². The third kappa shape index (κ3) is 4.80. The molecule has 0 aliphatic rings. The number of hydrogen-bond acceptors (Lipinski definition) is 6. The molecule has 1 heterocycles. The largest absolute Gasteiger partial charge is 0.493 e. The second-order valence-electron chi connectivity index (χ2n) is 5.68. The Morgan fingerprint density at radius 1 is 1.12 bits per heavy atom. The second kappa shape index (κ2) is 8.77. The number of benzene rings is 2. The summed E-state index contributed by atoms with van der Waals surface area (Å²) in [4.78, 5) is 6.65. The molecule has 3 aromatic rings. The van der Waals surface area contributed by atoms with Crippen LogP contribution in [-0.2, 0) is 4.18 Å². The highest BCUT2D eigenvalue weighted by atomic mass is 127. The van der Waals surface area contributed by atoms with E-state index in [-0.39, 0.29) is 0 Å². The lowest BCUT2D eigenvalue weighted by Gasteiger charge is -2.11. The fraction of sp³-hybridized carbons (Fsp3) is 0.278. The zero-order valence-electron chi connectivity index (χ0n) is 14.1. The van der Waals surface area contributed by atoms with Crippen molar-refractivity contribution in [3.63, 3.8) is 0 Å². The Kier molecular flexibility index (Phi) is 6.44. The maximum absolute atomic E-state index is 5.86. The van der Waals surface area contributed by atoms with Gasteiger partial charge in [0.25, 0.3) is 0 Å². The Balaban J connectivity index is 1.71. The lowest BCUT2D eigenvalue weighted by Crippen LogP contribution is -2.07. The Morgan fingerprint density at radius 2 is 1.92 bits per heavy atom. The number of ether oxygens (including phenoxy) is 1. The molecule has 0 unspecified atom stereocenters. The smallest absolute Gasteiger partial charge is 0.227 e. The molecule has 0 spiro atoms. The molecule has 7 heteroatoms. The van der Waals surface area contributed by atoms with Gasteiger partial charge in [0.2, 0.25) is 5.89 Å². The topological polar surface area (TPSA) is 47.7 Å². The molecule has 0 bridgehead atoms. The summed E-state index contributed by atoms with van der Waals surface area (Å²) < 4.78 is 16.8. The van der Waals surface area contributed by atoms with Crippen molar-refractivity contribution < 1.29 is 13.3 Å². The Morgan fingerprint density at radius 3 is 2.64 bits per heavy atom. The first-order chi connectivity index (χ1) is 12.2. The summed E-state index contributed by atoms with van der Waals surface area (Å²) in [6, 6.07) is 13.8. The highest BCUT2D eigenvalue weighted by Crippen LogP contribution is 2.28. The van der Waals surface area contributed by atoms with Gasteiger partial charge in [-0.1, -0.05) is 0 Å². The van der Waals surface area contributed by atoms with Gasteiger partial charge in [-0.3, -0.25) is 0 Å². The highest BCUT2D eigenvalue weighted by molar-refractivity contribution is 14.2. The molecule has 3 rings (SSSR count). The van der Waals surface area contributed by atoms with Crippen molar-refractivity contribution in [2.45, 2.75) is 6.42 Å². The molecule has 0 saturated carbocycles. The predicted molar refractivity (Wildman–Crippen MR) is 111 cm³/mol. The number of fused-ring (bicyclic) bond motifs is 1. The SMILES string of the molecule is CN(C)c1ccc(-c2nc3cc(OCCCOSI)ccc3o2)cc1. The molecule has 0 fully saturated rings. The van der Waals surface area contributed by atoms with Crippen LogP contribution in [0.25, 0.3) is 22.6 Å². The minimum absolute atomic E-state index is 0.611. The normalized spacial score (nSPS) is 11.0. The summed E-state index contributed by atoms with van der Waals surface area (Å²) in [6.45, 7) is 1.28. The lowest BCUT2D eigenvalue weighted by molar-refractivity contribution is 0.269. The average Bonchev–Trinajstić information content (AvgIpc) is 3.05. The first-order valence-corrected chi connectivity index (χ1v) is 11.2. The van der Waals surface area contributed by atoms with Crippen LogP contribution < -0.4 is 9.64 Å². The Labute approximate surface area is 163 Å². The molecule has 0 saturated heterocycles. The van der Waals surface area contributed by atoms with Gasteiger partial charge < -0.3 is 18.2 Å². The summed E-state index contributed by atoms with van der Waals surface area (Å²) in [5, 5.41) is 0. The summed E-state index contributed by atoms with van der Waals surface area (Å²) in [6.07, 6.45) is 0.844. The summed E-state index contributed by atoms with van der Waals surface area (Å²) in [5.74, 6) is 1.40. The minimum atomic E-state index is 0.611. The van der Waals surface area contributed by atoms with Crippen LogP contribution in [0.3, 0.4) is 0 Å². The summed E-state index contributed by atoms with van der Waals surface area (Å²) in [7, 11) is 5.38. The van der Waals surface area contributed by atoms with Gasteiger partial charge in [0, 0.05) is 59.0 Å². The first-order valence-electron chi connectivity index (χ1n) is 7.89. The molecule has 0 aliphatic heterocycles. The molecule has 1 aromatic heterocycles. The minimum Gasteiger partial charge on any atom is -0.493 e. The number of hydrogen-bond donors (Lipinski definition) is 0. The van der Waals surface area contributed by atoms with E-state index in [9.17, 15) is 0 Å². The molecule has 0 amide bonds. The molecule has 0 radical (unpaired) electrons. The summed E-state index contributed by atoms with van der Waals surface area (Å²) in [5.41, 5.74) is 3.64. The third-order valence-corrected chi connectivity index (χ3v) is 4.69. The van der Waals surface area contributed by atoms with Gasteiger partial charge in [0.15, 0.2) is 5.58 Å². The maximum Gasteiger partial charge on any atom is 0.227 e. The van der Waals surface area contributed by atoms with E-state index in [0.717, 1.165) is 34.5 Å². The Bertz CT molecular complexity index is 821. The standard InChI is InChI=1S/C18H19IN2O3S/c1-21(2)14-6-4-13(5-7-14)18-20-16-12-15(8-9-17(16)24-18)22-10-3-11-23-25-19/h4-9,12H,3,10-11H2,1-2H3. The van der Waals surface area contributed by atoms with Crippen molar-refractivity contribution in [2.75, 3.05) is 32.2 Å². The van der Waals surface area contributed by atoms with Crippen LogP contribution in [0.2, 0.25) is 0 Å². The van der Waals surface area contributed by atoms with E-state index in [1.54, 1.807) is 0 Å². The zero-order chi connectivity index (χ0) is 17.6. The molecule has 132 valence electrons. The molecule has 25 heavy (non-hydrogen) atoms. The molecular weight excluding hydrogens is 451 g/mol. The number of anilines is 1. The van der Waals surface area contributed by atoms with Crippen LogP contribution in [0, 0.1) is 0 Å². The Hall–Kier alpha value is -1.45. The van der Waals surface area contributed by atoms with Gasteiger partial charge >= 0.3 is 0 Å². The van der Waals surface area contributed by atoms with Crippen LogP contribution >= 0.6 is 30.4 Å². The number of oxazole rings is 1. The average molecular weight is 470 g/mol. The fourth-order valence-electron chi connectivity index (χ4n) is 2.36. The molecule has 0 N–H and O–H groups in total. The van der Waals surface area contributed by atoms with Crippen molar-refractivity contribution in [1.82, 2.24) is 4.98 Å². The molecule has 2 aromatic carbocycles. The highest BCUT2D eigenvalue weighted by Gasteiger charge is 2.09. The van der Waals surface area contributed by atoms with Crippen molar-refractivity contribution in [1.29, 1.82) is 0 Å². The number of nitrogens with zero attached hydrogens (tertiary/aromatic N) is 2. The molecule has 5 nitrogen and oxygen atoms in total. The van der Waals surface area contributed by atoms with Gasteiger partial charge in [-0.05, 0) is 36.4 Å². The van der Waals surface area contributed by atoms with E-state index >= 15 is 0 Å². The van der Waals surface area contributed by atoms with Gasteiger partial charge in [0.1, 0.15) is 11.3 Å². The monoisotopic (exact) mass is 470 g/mol. The van der Waals surface area contributed by atoms with Gasteiger partial charge in [0.05, 0.1) is 22.4 Å². The second-order valence-corrected chi connectivity index (χ2v) is 7.12. The van der Waals surface area contributed by atoms with Crippen molar-refractivity contribution in [3.05, 3.63) is 42.5 Å². The van der Waals surface area contributed by atoms with Crippen molar-refractivity contribution in [2.24, 2.45) is 0 Å². The zero-order valence-corrected chi connectivity index (χ0v) is 17.0. The van der Waals surface area contributed by atoms with Gasteiger partial charge in [-0.15, -0.1) is 0 Å². The molecule has 0 atom stereocenters. The van der Waals surface area contributed by atoms with Crippen LogP contribution in [-0.4, -0.2) is 32.3 Å². The quantitative estimate of drug-likeness (QED) is 0.252. The van der Waals surface area contributed by atoms with Crippen molar-refractivity contribution in [3.8, 4) is 17.2 Å². The van der Waals surface area contributed by atoms with Crippen LogP contribution in [0.4, 0.5) is 5.69 Å². The molecular formula is C18H19IN2O3S. The molecule has 0 aliphatic carbocycles. The first kappa shape index (κ1) is 18.3. The third-order valence-electron chi connectivity index (χ3n) is 3.67. The van der Waals surface area contributed by atoms with Crippen molar-refractivity contribution >= 4 is 47.2 Å². The predicted octanol–water partition coefficient (Wildman–Crippen LogP) is 5.34. The van der Waals surface area contributed by atoms with E-state index in [0.29, 0.717) is 19.1 Å².